The van der Waals surface area contributed by atoms with Gasteiger partial charge in [-0.3, -0.25) is 0 Å². The fourth-order valence-corrected chi connectivity index (χ4v) is 11.1. The Hall–Kier alpha value is -8.74. The van der Waals surface area contributed by atoms with E-state index in [9.17, 15) is 0 Å². The van der Waals surface area contributed by atoms with E-state index in [2.05, 4.69) is 197 Å². The van der Waals surface area contributed by atoms with E-state index in [0.717, 1.165) is 106 Å². The molecule has 10 aromatic carbocycles. The summed E-state index contributed by atoms with van der Waals surface area (Å²) in [4.78, 5) is 0. The zero-order valence-electron chi connectivity index (χ0n) is 35.4. The molecular weight excluding hydrogens is 807 g/mol. The van der Waals surface area contributed by atoms with Crippen molar-refractivity contribution in [3.63, 3.8) is 0 Å². The van der Waals surface area contributed by atoms with Gasteiger partial charge in [0.15, 0.2) is 0 Å². The molecule has 3 aromatic heterocycles. The van der Waals surface area contributed by atoms with Gasteiger partial charge in [0.1, 0.15) is 28.4 Å². The largest absolute Gasteiger partial charge is 0.551 e. The minimum atomic E-state index is -0.318. The number of fused-ring (bicyclic) bond motifs is 13. The third kappa shape index (κ3) is 5.01. The highest BCUT2D eigenvalue weighted by Gasteiger charge is 2.41. The molecule has 66 heavy (non-hydrogen) atoms. The van der Waals surface area contributed by atoms with Crippen LogP contribution in [-0.4, -0.2) is 16.0 Å². The van der Waals surface area contributed by atoms with Gasteiger partial charge in [-0.1, -0.05) is 127 Å². The first-order valence-electron chi connectivity index (χ1n) is 22.5. The number of ether oxygens (including phenoxy) is 1. The molecule has 306 valence electrons. The molecule has 0 saturated heterocycles. The Morgan fingerprint density at radius 2 is 0.924 bits per heavy atom. The highest BCUT2D eigenvalue weighted by Crippen LogP contribution is 2.45. The topological polar surface area (TPSA) is 41.5 Å². The lowest BCUT2D eigenvalue weighted by atomic mass is 9.51. The number of rotatable bonds is 4. The van der Waals surface area contributed by atoms with Crippen molar-refractivity contribution >= 4 is 83.4 Å². The molecule has 0 amide bonds. The second-order valence-corrected chi connectivity index (χ2v) is 17.5. The molecule has 0 spiro atoms. The van der Waals surface area contributed by atoms with E-state index in [-0.39, 0.29) is 6.92 Å². The van der Waals surface area contributed by atoms with Gasteiger partial charge in [-0.2, -0.15) is 0 Å². The maximum atomic E-state index is 7.03. The van der Waals surface area contributed by atoms with Gasteiger partial charge in [0.2, 0.25) is 0 Å². The van der Waals surface area contributed by atoms with Crippen molar-refractivity contribution in [3.05, 3.63) is 212 Å². The van der Waals surface area contributed by atoms with Crippen molar-refractivity contribution in [1.82, 2.24) is 9.13 Å². The van der Waals surface area contributed by atoms with Gasteiger partial charge in [0.05, 0.1) is 27.8 Å². The van der Waals surface area contributed by atoms with Crippen LogP contribution < -0.4 is 20.3 Å². The predicted octanol–water partition coefficient (Wildman–Crippen LogP) is 14.4. The van der Waals surface area contributed by atoms with Crippen molar-refractivity contribution < 1.29 is 13.8 Å². The molecular formula is C60H35BN2O3. The first-order valence-corrected chi connectivity index (χ1v) is 22.5. The zero-order valence-corrected chi connectivity index (χ0v) is 35.4. The maximum absolute atomic E-state index is 7.03. The van der Waals surface area contributed by atoms with Crippen molar-refractivity contribution in [1.29, 1.82) is 0 Å². The number of nitrogens with zero attached hydrogens (tertiary/aromatic N) is 2. The summed E-state index contributed by atoms with van der Waals surface area (Å²) < 4.78 is 25.1. The molecule has 15 rings (SSSR count). The molecule has 0 bridgehead atoms. The molecule has 0 unspecified atom stereocenters. The second-order valence-electron chi connectivity index (χ2n) is 17.5. The lowest BCUT2D eigenvalue weighted by Gasteiger charge is -2.33. The molecule has 6 heteroatoms. The van der Waals surface area contributed by atoms with Gasteiger partial charge < -0.3 is 22.9 Å². The molecule has 5 heterocycles. The van der Waals surface area contributed by atoms with Crippen LogP contribution in [0.15, 0.2) is 217 Å². The molecule has 0 atom stereocenters. The summed E-state index contributed by atoms with van der Waals surface area (Å²) in [7, 11) is 0. The Morgan fingerprint density at radius 3 is 1.70 bits per heavy atom. The van der Waals surface area contributed by atoms with E-state index in [0.29, 0.717) is 0 Å². The summed E-state index contributed by atoms with van der Waals surface area (Å²) in [5, 5.41) is 7.12. The van der Waals surface area contributed by atoms with Gasteiger partial charge in [0.25, 0.3) is 0 Å². The Bertz CT molecular complexity index is 4160. The zero-order chi connectivity index (χ0) is 43.0. The van der Waals surface area contributed by atoms with E-state index in [1.165, 1.54) is 32.6 Å². The predicted molar refractivity (Wildman–Crippen MR) is 271 cm³/mol. The number of benzene rings is 10. The molecule has 2 aliphatic heterocycles. The number of hydrogen-bond acceptors (Lipinski definition) is 3. The van der Waals surface area contributed by atoms with Crippen LogP contribution in [0, 0.1) is 0 Å². The van der Waals surface area contributed by atoms with Crippen LogP contribution in [0.1, 0.15) is 0 Å². The van der Waals surface area contributed by atoms with E-state index >= 15 is 0 Å². The first-order chi connectivity index (χ1) is 32.7. The van der Waals surface area contributed by atoms with Gasteiger partial charge in [-0.15, -0.1) is 0 Å². The van der Waals surface area contributed by atoms with Crippen LogP contribution >= 0.6 is 0 Å². The monoisotopic (exact) mass is 842 g/mol. The minimum absolute atomic E-state index is 0.318. The Morgan fingerprint density at radius 1 is 0.333 bits per heavy atom. The molecule has 13 aromatic rings. The normalized spacial score (nSPS) is 12.8. The first kappa shape index (κ1) is 35.7. The summed E-state index contributed by atoms with van der Waals surface area (Å²) in [6, 6.07) is 76.0. The van der Waals surface area contributed by atoms with E-state index in [1.807, 2.05) is 24.3 Å². The standard InChI is InChI=1S/C60H35BN2O3/c1-2-14-41(37-25-28-46-45-18-6-11-23-55(45)64-58(46)32-37)40(13-1)36-26-30-56-48(31-36)49-34-39(35-59-60(49)61(66-56)50-19-7-12-24-57(50)65-59)63-53-22-10-5-17-44(53)47-33-38(27-29-54(47)63)62-51-20-8-3-15-42(51)43-16-4-9-21-52(43)62/h1-35H. The van der Waals surface area contributed by atoms with E-state index in [4.69, 9.17) is 13.8 Å². The van der Waals surface area contributed by atoms with Crippen LogP contribution in [0.2, 0.25) is 0 Å². The van der Waals surface area contributed by atoms with Crippen molar-refractivity contribution in [2.24, 2.45) is 0 Å². The van der Waals surface area contributed by atoms with Crippen LogP contribution in [0.25, 0.3) is 110 Å². The Kier molecular flexibility index (Phi) is 7.24. The van der Waals surface area contributed by atoms with E-state index < -0.39 is 0 Å². The molecule has 2 aliphatic rings. The van der Waals surface area contributed by atoms with Crippen molar-refractivity contribution in [2.45, 2.75) is 0 Å². The van der Waals surface area contributed by atoms with Gasteiger partial charge in [-0.25, -0.2) is 0 Å². The number of aromatic nitrogens is 2. The number of furan rings is 1. The van der Waals surface area contributed by atoms with Crippen LogP contribution in [-0.2, 0) is 0 Å². The van der Waals surface area contributed by atoms with Gasteiger partial charge in [0, 0.05) is 60.6 Å². The lowest BCUT2D eigenvalue weighted by molar-refractivity contribution is 0.479. The highest BCUT2D eigenvalue weighted by atomic mass is 16.5. The molecule has 0 radical (unpaired) electrons. The maximum Gasteiger partial charge on any atom is 0.434 e. The molecule has 0 fully saturated rings. The summed E-state index contributed by atoms with van der Waals surface area (Å²) in [6.07, 6.45) is 0. The van der Waals surface area contributed by atoms with Crippen LogP contribution in [0.4, 0.5) is 0 Å². The summed E-state index contributed by atoms with van der Waals surface area (Å²) in [5.41, 5.74) is 17.2. The van der Waals surface area contributed by atoms with Gasteiger partial charge >= 0.3 is 6.92 Å². The van der Waals surface area contributed by atoms with Crippen LogP contribution in [0.5, 0.6) is 17.2 Å². The Balaban J connectivity index is 0.926. The Labute approximate surface area is 379 Å². The van der Waals surface area contributed by atoms with Crippen molar-refractivity contribution in [3.8, 4) is 62.0 Å². The fourth-order valence-electron chi connectivity index (χ4n) is 11.1. The molecule has 0 saturated carbocycles. The highest BCUT2D eigenvalue weighted by molar-refractivity contribution is 6.84. The smallest absolute Gasteiger partial charge is 0.434 e. The fraction of sp³-hybridized carbons (Fsp3) is 0. The molecule has 0 N–H and O–H groups in total. The molecule has 0 aliphatic carbocycles. The van der Waals surface area contributed by atoms with Gasteiger partial charge in [-0.05, 0) is 107 Å². The van der Waals surface area contributed by atoms with Crippen LogP contribution in [0.3, 0.4) is 0 Å². The van der Waals surface area contributed by atoms with Crippen molar-refractivity contribution in [2.75, 3.05) is 0 Å². The number of hydrogen-bond donors (Lipinski definition) is 0. The summed E-state index contributed by atoms with van der Waals surface area (Å²) >= 11 is 0. The second kappa shape index (κ2) is 13.4. The average Bonchev–Trinajstić information content (AvgIpc) is 4.03. The number of para-hydroxylation sites is 5. The van der Waals surface area contributed by atoms with E-state index in [1.54, 1.807) is 0 Å². The molecule has 5 nitrogen and oxygen atoms in total. The quantitative estimate of drug-likeness (QED) is 0.166. The average molecular weight is 843 g/mol. The lowest BCUT2D eigenvalue weighted by Crippen LogP contribution is -2.53. The summed E-state index contributed by atoms with van der Waals surface area (Å²) in [6.45, 7) is -0.318. The third-order valence-electron chi connectivity index (χ3n) is 14.0. The third-order valence-corrected chi connectivity index (χ3v) is 14.0. The minimum Gasteiger partial charge on any atom is -0.551 e. The SMILES string of the molecule is c1ccc2c(c1)Oc1cc(-n3c4ccccc4c4cc(-n5c6ccccc6c6ccccc65)ccc43)cc3c1B2Oc1ccc(-c2ccccc2-c2ccc4c(c2)oc2ccccc24)cc1-3. The summed E-state index contributed by atoms with van der Waals surface area (Å²) in [5.74, 6) is 2.46.